The van der Waals surface area contributed by atoms with Gasteiger partial charge in [0.15, 0.2) is 0 Å². The van der Waals surface area contributed by atoms with Crippen molar-refractivity contribution < 1.29 is 9.47 Å². The van der Waals surface area contributed by atoms with E-state index >= 15 is 0 Å². The van der Waals surface area contributed by atoms with E-state index in [4.69, 9.17) is 9.47 Å². The SMILES string of the molecule is COCCOc1ccc2c(c1)c(NC(C)C)c1n2CCC1. The summed E-state index contributed by atoms with van der Waals surface area (Å²) in [7, 11) is 1.69. The van der Waals surface area contributed by atoms with Crippen LogP contribution in [0.1, 0.15) is 26.0 Å². The highest BCUT2D eigenvalue weighted by molar-refractivity contribution is 5.96. The second-order valence-corrected chi connectivity index (χ2v) is 5.90. The van der Waals surface area contributed by atoms with Crippen molar-refractivity contribution in [1.82, 2.24) is 4.57 Å². The fourth-order valence-corrected chi connectivity index (χ4v) is 3.09. The fourth-order valence-electron chi connectivity index (χ4n) is 3.09. The van der Waals surface area contributed by atoms with Crippen molar-refractivity contribution in [2.75, 3.05) is 25.6 Å². The van der Waals surface area contributed by atoms with Gasteiger partial charge < -0.3 is 19.4 Å². The molecule has 114 valence electrons. The summed E-state index contributed by atoms with van der Waals surface area (Å²) in [6, 6.07) is 6.82. The van der Waals surface area contributed by atoms with E-state index in [2.05, 4.69) is 41.9 Å². The second-order valence-electron chi connectivity index (χ2n) is 5.90. The summed E-state index contributed by atoms with van der Waals surface area (Å²) in [5, 5.41) is 4.89. The van der Waals surface area contributed by atoms with Gasteiger partial charge in [-0.2, -0.15) is 0 Å². The molecule has 1 N–H and O–H groups in total. The van der Waals surface area contributed by atoms with Gasteiger partial charge in [-0.25, -0.2) is 0 Å². The quantitative estimate of drug-likeness (QED) is 0.827. The molecule has 1 aliphatic heterocycles. The first kappa shape index (κ1) is 14.3. The highest BCUT2D eigenvalue weighted by Gasteiger charge is 2.21. The molecule has 0 unspecified atom stereocenters. The molecule has 0 fully saturated rings. The lowest BCUT2D eigenvalue weighted by atomic mass is 10.1. The van der Waals surface area contributed by atoms with Gasteiger partial charge >= 0.3 is 0 Å². The molecule has 21 heavy (non-hydrogen) atoms. The van der Waals surface area contributed by atoms with Gasteiger partial charge in [0.2, 0.25) is 0 Å². The van der Waals surface area contributed by atoms with Crippen molar-refractivity contribution in [1.29, 1.82) is 0 Å². The molecule has 0 saturated carbocycles. The van der Waals surface area contributed by atoms with Crippen LogP contribution in [0.3, 0.4) is 0 Å². The van der Waals surface area contributed by atoms with Gasteiger partial charge in [-0.3, -0.25) is 0 Å². The minimum atomic E-state index is 0.430. The molecular formula is C17H24N2O2. The zero-order valence-electron chi connectivity index (χ0n) is 13.1. The maximum absolute atomic E-state index is 5.75. The van der Waals surface area contributed by atoms with Gasteiger partial charge in [0, 0.05) is 30.8 Å². The number of ether oxygens (including phenoxy) is 2. The van der Waals surface area contributed by atoms with Crippen LogP contribution in [0.25, 0.3) is 10.9 Å². The number of fused-ring (bicyclic) bond motifs is 3. The summed E-state index contributed by atoms with van der Waals surface area (Å²) in [6.45, 7) is 6.69. The Labute approximate surface area is 126 Å². The predicted octanol–water partition coefficient (Wildman–Crippen LogP) is 3.43. The third kappa shape index (κ3) is 2.72. The third-order valence-corrected chi connectivity index (χ3v) is 3.93. The second kappa shape index (κ2) is 5.98. The van der Waals surface area contributed by atoms with Crippen molar-refractivity contribution >= 4 is 16.6 Å². The Hall–Kier alpha value is -1.68. The van der Waals surface area contributed by atoms with Gasteiger partial charge in [0.05, 0.1) is 17.8 Å². The van der Waals surface area contributed by atoms with Crippen molar-refractivity contribution in [3.8, 4) is 5.75 Å². The fraction of sp³-hybridized carbons (Fsp3) is 0.529. The molecule has 0 aliphatic carbocycles. The van der Waals surface area contributed by atoms with E-state index in [1.807, 2.05) is 0 Å². The molecular weight excluding hydrogens is 264 g/mol. The molecule has 1 aliphatic rings. The monoisotopic (exact) mass is 288 g/mol. The van der Waals surface area contributed by atoms with Crippen LogP contribution >= 0.6 is 0 Å². The average molecular weight is 288 g/mol. The number of nitrogens with zero attached hydrogens (tertiary/aromatic N) is 1. The van der Waals surface area contributed by atoms with Crippen molar-refractivity contribution in [3.63, 3.8) is 0 Å². The molecule has 4 nitrogen and oxygen atoms in total. The summed E-state index contributed by atoms with van der Waals surface area (Å²) < 4.78 is 13.2. The van der Waals surface area contributed by atoms with Crippen molar-refractivity contribution in [2.45, 2.75) is 39.3 Å². The number of rotatable bonds is 6. The first-order chi connectivity index (χ1) is 10.2. The highest BCUT2D eigenvalue weighted by Crippen LogP contribution is 2.37. The standard InChI is InChI=1S/C17H24N2O2/c1-12(2)18-17-14-11-13(21-10-9-20-3)6-7-15(14)19-8-4-5-16(17)19/h6-7,11-12,18H,4-5,8-10H2,1-3H3. The molecule has 0 amide bonds. The normalized spacial score (nSPS) is 13.9. The van der Waals surface area contributed by atoms with Crippen LogP contribution in [0.4, 0.5) is 5.69 Å². The van der Waals surface area contributed by atoms with E-state index in [1.54, 1.807) is 7.11 Å². The number of benzene rings is 1. The van der Waals surface area contributed by atoms with Gasteiger partial charge in [-0.15, -0.1) is 0 Å². The van der Waals surface area contributed by atoms with E-state index in [0.29, 0.717) is 19.3 Å². The Morgan fingerprint density at radius 1 is 1.29 bits per heavy atom. The number of aryl methyl sites for hydroxylation is 1. The lowest BCUT2D eigenvalue weighted by Gasteiger charge is -2.11. The van der Waals surface area contributed by atoms with E-state index in [9.17, 15) is 0 Å². The Morgan fingerprint density at radius 3 is 2.90 bits per heavy atom. The van der Waals surface area contributed by atoms with E-state index in [-0.39, 0.29) is 0 Å². The molecule has 4 heteroatoms. The first-order valence-corrected chi connectivity index (χ1v) is 7.74. The topological polar surface area (TPSA) is 35.4 Å². The Morgan fingerprint density at radius 2 is 2.14 bits per heavy atom. The lowest BCUT2D eigenvalue weighted by molar-refractivity contribution is 0.146. The molecule has 2 heterocycles. The van der Waals surface area contributed by atoms with Crippen molar-refractivity contribution in [3.05, 3.63) is 23.9 Å². The molecule has 0 spiro atoms. The van der Waals surface area contributed by atoms with Crippen LogP contribution in [0.5, 0.6) is 5.75 Å². The van der Waals surface area contributed by atoms with Gasteiger partial charge in [0.25, 0.3) is 0 Å². The van der Waals surface area contributed by atoms with E-state index in [0.717, 1.165) is 18.7 Å². The third-order valence-electron chi connectivity index (χ3n) is 3.93. The minimum absolute atomic E-state index is 0.430. The molecule has 0 atom stereocenters. The Kier molecular flexibility index (Phi) is 4.06. The number of aromatic nitrogens is 1. The first-order valence-electron chi connectivity index (χ1n) is 7.74. The molecule has 0 bridgehead atoms. The predicted molar refractivity (Wildman–Crippen MR) is 86.4 cm³/mol. The van der Waals surface area contributed by atoms with E-state index in [1.165, 1.54) is 28.7 Å². The number of methoxy groups -OCH3 is 1. The largest absolute Gasteiger partial charge is 0.491 e. The summed E-state index contributed by atoms with van der Waals surface area (Å²) in [6.07, 6.45) is 2.40. The highest BCUT2D eigenvalue weighted by atomic mass is 16.5. The van der Waals surface area contributed by atoms with E-state index < -0.39 is 0 Å². The number of hydrogen-bond acceptors (Lipinski definition) is 3. The molecule has 3 rings (SSSR count). The summed E-state index contributed by atoms with van der Waals surface area (Å²) in [5.41, 5.74) is 4.03. The summed E-state index contributed by atoms with van der Waals surface area (Å²) in [4.78, 5) is 0. The number of nitrogens with one attached hydrogen (secondary N) is 1. The van der Waals surface area contributed by atoms with Crippen LogP contribution in [-0.4, -0.2) is 30.9 Å². The van der Waals surface area contributed by atoms with Crippen LogP contribution in [0.15, 0.2) is 18.2 Å². The van der Waals surface area contributed by atoms with Gasteiger partial charge in [-0.1, -0.05) is 0 Å². The maximum atomic E-state index is 5.75. The van der Waals surface area contributed by atoms with Crippen molar-refractivity contribution in [2.24, 2.45) is 0 Å². The minimum Gasteiger partial charge on any atom is -0.491 e. The lowest BCUT2D eigenvalue weighted by Crippen LogP contribution is -2.10. The van der Waals surface area contributed by atoms with Crippen LogP contribution < -0.4 is 10.1 Å². The average Bonchev–Trinajstić information content (AvgIpc) is 3.02. The Balaban J connectivity index is 1.98. The Bertz CT molecular complexity index is 631. The van der Waals surface area contributed by atoms with Crippen LogP contribution in [0.2, 0.25) is 0 Å². The van der Waals surface area contributed by atoms with Gasteiger partial charge in [0.1, 0.15) is 12.4 Å². The van der Waals surface area contributed by atoms with Crippen LogP contribution in [-0.2, 0) is 17.7 Å². The molecule has 2 aromatic rings. The molecule has 1 aromatic heterocycles. The number of anilines is 1. The number of hydrogen-bond donors (Lipinski definition) is 1. The molecule has 0 radical (unpaired) electrons. The van der Waals surface area contributed by atoms with Crippen LogP contribution in [0, 0.1) is 0 Å². The molecule has 0 saturated heterocycles. The summed E-state index contributed by atoms with van der Waals surface area (Å²) >= 11 is 0. The molecule has 1 aromatic carbocycles. The zero-order chi connectivity index (χ0) is 14.8. The summed E-state index contributed by atoms with van der Waals surface area (Å²) in [5.74, 6) is 0.913. The van der Waals surface area contributed by atoms with Gasteiger partial charge in [-0.05, 0) is 44.9 Å². The smallest absolute Gasteiger partial charge is 0.120 e. The maximum Gasteiger partial charge on any atom is 0.120 e. The zero-order valence-corrected chi connectivity index (χ0v) is 13.1.